The Labute approximate surface area is 272 Å². The number of carbonyl (C=O) groups excluding carboxylic acids is 1. The highest BCUT2D eigenvalue weighted by atomic mass is 35.5. The molecule has 2 bridgehead atoms. The smallest absolute Gasteiger partial charge is 0.240 e. The van der Waals surface area contributed by atoms with Crippen molar-refractivity contribution in [3.63, 3.8) is 0 Å². The molecule has 0 radical (unpaired) electrons. The summed E-state index contributed by atoms with van der Waals surface area (Å²) in [4.78, 5) is 16.9. The second kappa shape index (κ2) is 14.5. The fourth-order valence-electron chi connectivity index (χ4n) is 8.67. The van der Waals surface area contributed by atoms with Gasteiger partial charge in [0, 0.05) is 54.8 Å². The van der Waals surface area contributed by atoms with Crippen LogP contribution in [0.15, 0.2) is 24.3 Å². The molecule has 250 valence electrons. The highest BCUT2D eigenvalue weighted by Gasteiger charge is 2.45. The fourth-order valence-corrected chi connectivity index (χ4v) is 10.7. The predicted octanol–water partition coefficient (Wildman–Crippen LogP) is 6.63. The summed E-state index contributed by atoms with van der Waals surface area (Å²) in [6, 6.07) is 7.94. The number of amides is 1. The van der Waals surface area contributed by atoms with E-state index in [-0.39, 0.29) is 41.5 Å². The number of halogens is 1. The van der Waals surface area contributed by atoms with Crippen LogP contribution >= 0.6 is 22.4 Å². The zero-order chi connectivity index (χ0) is 31.6. The summed E-state index contributed by atoms with van der Waals surface area (Å²) in [6.07, 6.45) is 9.50. The monoisotopic (exact) mass is 652 g/mol. The number of benzene rings is 1. The van der Waals surface area contributed by atoms with E-state index < -0.39 is 16.8 Å². The Bertz CT molecular complexity index is 1110. The fraction of sp³-hybridized carbons (Fsp3) is 0.794. The number of hydrogen-bond donors (Lipinski definition) is 4. The first-order chi connectivity index (χ1) is 20.9. The maximum absolute atomic E-state index is 14.7. The van der Waals surface area contributed by atoms with Crippen LogP contribution in [0.25, 0.3) is 0 Å². The van der Waals surface area contributed by atoms with Crippen molar-refractivity contribution < 1.29 is 18.6 Å². The van der Waals surface area contributed by atoms with E-state index in [1.165, 1.54) is 0 Å². The third-order valence-electron chi connectivity index (χ3n) is 11.1. The molecule has 5 N–H and O–H groups in total. The van der Waals surface area contributed by atoms with Crippen LogP contribution in [0.1, 0.15) is 103 Å². The van der Waals surface area contributed by atoms with E-state index >= 15 is 0 Å². The predicted molar refractivity (Wildman–Crippen MR) is 181 cm³/mol. The van der Waals surface area contributed by atoms with Crippen molar-refractivity contribution in [2.45, 2.75) is 134 Å². The van der Waals surface area contributed by atoms with Gasteiger partial charge < -0.3 is 20.7 Å². The van der Waals surface area contributed by atoms with Crippen LogP contribution in [0.3, 0.4) is 0 Å². The maximum atomic E-state index is 14.7. The molecule has 4 fully saturated rings. The minimum Gasteiger partial charge on any atom is -0.376 e. The molecule has 0 aromatic heterocycles. The lowest BCUT2D eigenvalue weighted by Crippen LogP contribution is -2.57. The number of carbonyl (C=O) groups is 1. The minimum atomic E-state index is -2.72. The van der Waals surface area contributed by atoms with Crippen molar-refractivity contribution in [3.05, 3.63) is 34.9 Å². The number of nitrogens with two attached hydrogens (primary N) is 1. The summed E-state index contributed by atoms with van der Waals surface area (Å²) in [6.45, 7) is 10.8. The van der Waals surface area contributed by atoms with Crippen LogP contribution in [-0.2, 0) is 9.53 Å². The van der Waals surface area contributed by atoms with Crippen molar-refractivity contribution in [1.82, 2.24) is 14.5 Å². The number of nitrogens with one attached hydrogen (secondary N) is 1. The molecule has 44 heavy (non-hydrogen) atoms. The molecule has 1 aromatic rings. The molecule has 1 saturated carbocycles. The molecular weight excluding hydrogens is 596 g/mol. The van der Waals surface area contributed by atoms with Crippen molar-refractivity contribution in [2.24, 2.45) is 17.6 Å². The largest absolute Gasteiger partial charge is 0.376 e. The summed E-state index contributed by atoms with van der Waals surface area (Å²) in [5, 5.41) is 4.35. The first kappa shape index (κ1) is 34.4. The van der Waals surface area contributed by atoms with Crippen molar-refractivity contribution in [1.29, 1.82) is 0 Å². The minimum absolute atomic E-state index is 0.0596. The van der Waals surface area contributed by atoms with Crippen LogP contribution in [0, 0.1) is 11.8 Å². The van der Waals surface area contributed by atoms with Crippen molar-refractivity contribution >= 4 is 28.3 Å². The van der Waals surface area contributed by atoms with Crippen LogP contribution in [0.5, 0.6) is 0 Å². The summed E-state index contributed by atoms with van der Waals surface area (Å²) < 4.78 is 30.0. The van der Waals surface area contributed by atoms with Gasteiger partial charge in [-0.2, -0.15) is 0 Å². The van der Waals surface area contributed by atoms with Crippen LogP contribution < -0.4 is 11.1 Å². The van der Waals surface area contributed by atoms with Gasteiger partial charge in [-0.1, -0.05) is 37.1 Å². The van der Waals surface area contributed by atoms with E-state index in [9.17, 15) is 13.9 Å². The first-order valence-electron chi connectivity index (χ1n) is 17.1. The van der Waals surface area contributed by atoms with Gasteiger partial charge in [0.05, 0.1) is 17.4 Å². The lowest BCUT2D eigenvalue weighted by atomic mass is 9.73. The number of nitrogens with zero attached hydrogens (tertiary/aromatic N) is 2. The number of piperazine rings is 1. The highest BCUT2D eigenvalue weighted by molar-refractivity contribution is 8.22. The first-order valence-corrected chi connectivity index (χ1v) is 19.2. The highest BCUT2D eigenvalue weighted by Crippen LogP contribution is 2.49. The Morgan fingerprint density at radius 2 is 1.93 bits per heavy atom. The Morgan fingerprint density at radius 1 is 1.18 bits per heavy atom. The molecule has 1 aliphatic carbocycles. The van der Waals surface area contributed by atoms with Gasteiger partial charge in [-0.3, -0.25) is 13.9 Å². The Morgan fingerprint density at radius 3 is 2.64 bits per heavy atom. The molecule has 9 atom stereocenters. The molecule has 0 spiro atoms. The van der Waals surface area contributed by atoms with E-state index in [2.05, 4.69) is 37.9 Å². The SMILES string of the molecule is CC[C@H](C)N(C(=O)[C@@H](N)[C@@H](c1ccc(Cl)cc1)C1CCOC(C)(C)C1)[C@H]1CCC[C@@H]1CC[C@H]1CN[C@@H]2CCCS(O)(O)N1C2. The molecule has 10 heteroatoms. The van der Waals surface area contributed by atoms with Gasteiger partial charge in [-0.25, -0.2) is 4.31 Å². The molecule has 8 nitrogen and oxygen atoms in total. The Hall–Kier alpha value is -0.910. The van der Waals surface area contributed by atoms with Gasteiger partial charge in [0.1, 0.15) is 0 Å². The van der Waals surface area contributed by atoms with E-state index in [1.807, 2.05) is 28.6 Å². The molecule has 2 unspecified atom stereocenters. The molecule has 5 rings (SSSR count). The molecule has 1 amide bonds. The normalized spacial score (nSPS) is 34.4. The molecule has 1 aromatic carbocycles. The van der Waals surface area contributed by atoms with E-state index in [0.29, 0.717) is 35.9 Å². The van der Waals surface area contributed by atoms with Gasteiger partial charge in [0.2, 0.25) is 5.91 Å². The standard InChI is InChI=1S/C34H57ClN4O4S/c1-5-23(2)39(30-10-6-8-24(30)13-16-29-21-37-28-9-7-19-44(41,42)38(29)22-28)33(40)32(36)31(25-11-14-27(35)15-12-25)26-17-18-43-34(3,4)20-26/h11-12,14-15,23-24,26,28-32,37,41-42H,5-10,13,16-22,36H2,1-4H3/t23-,24+,26?,28+,29-,30-,31-,32-/m0/s1. The van der Waals surface area contributed by atoms with Gasteiger partial charge >= 0.3 is 0 Å². The molecule has 3 saturated heterocycles. The zero-order valence-electron chi connectivity index (χ0n) is 27.3. The second-order valence-electron chi connectivity index (χ2n) is 14.6. The number of rotatable bonds is 10. The van der Waals surface area contributed by atoms with E-state index in [0.717, 1.165) is 76.3 Å². The van der Waals surface area contributed by atoms with Crippen LogP contribution in [0.4, 0.5) is 0 Å². The number of hydrogen-bond acceptors (Lipinski definition) is 7. The van der Waals surface area contributed by atoms with E-state index in [4.69, 9.17) is 22.1 Å². The average Bonchev–Trinajstić information content (AvgIpc) is 3.40. The number of ether oxygens (including phenoxy) is 1. The molecule has 3 heterocycles. The lowest BCUT2D eigenvalue weighted by Gasteiger charge is -2.49. The Balaban J connectivity index is 1.35. The Kier molecular flexibility index (Phi) is 11.3. The summed E-state index contributed by atoms with van der Waals surface area (Å²) in [7, 11) is -2.72. The zero-order valence-corrected chi connectivity index (χ0v) is 28.9. The maximum Gasteiger partial charge on any atom is 0.240 e. The quantitative estimate of drug-likeness (QED) is 0.224. The molecule has 3 aliphatic heterocycles. The summed E-state index contributed by atoms with van der Waals surface area (Å²) >= 11 is 6.28. The second-order valence-corrected chi connectivity index (χ2v) is 17.2. The van der Waals surface area contributed by atoms with Crippen molar-refractivity contribution in [3.8, 4) is 0 Å². The van der Waals surface area contributed by atoms with Gasteiger partial charge in [-0.05, 0) is 108 Å². The van der Waals surface area contributed by atoms with Crippen molar-refractivity contribution in [2.75, 3.05) is 25.4 Å². The summed E-state index contributed by atoms with van der Waals surface area (Å²) in [5.74, 6) is 1.02. The van der Waals surface area contributed by atoms with Crippen LogP contribution in [-0.4, -0.2) is 85.5 Å². The van der Waals surface area contributed by atoms with Gasteiger partial charge in [0.25, 0.3) is 0 Å². The van der Waals surface area contributed by atoms with Gasteiger partial charge in [-0.15, -0.1) is 10.8 Å². The van der Waals surface area contributed by atoms with E-state index in [1.54, 1.807) is 0 Å². The van der Waals surface area contributed by atoms with Crippen LogP contribution in [0.2, 0.25) is 5.02 Å². The summed E-state index contributed by atoms with van der Waals surface area (Å²) in [5.41, 5.74) is 7.93. The molecule has 4 aliphatic rings. The lowest BCUT2D eigenvalue weighted by molar-refractivity contribution is -0.140. The topological polar surface area (TPSA) is 111 Å². The molecular formula is C34H57ClN4O4S. The third kappa shape index (κ3) is 7.79. The third-order valence-corrected chi connectivity index (χ3v) is 13.4. The average molecular weight is 653 g/mol. The van der Waals surface area contributed by atoms with Gasteiger partial charge in [0.15, 0.2) is 0 Å². The number of fused-ring (bicyclic) bond motifs is 2.